The summed E-state index contributed by atoms with van der Waals surface area (Å²) in [6, 6.07) is 7.50. The lowest BCUT2D eigenvalue weighted by Crippen LogP contribution is -2.14. The van der Waals surface area contributed by atoms with Crippen LogP contribution < -0.4 is 5.32 Å². The van der Waals surface area contributed by atoms with E-state index in [1.807, 2.05) is 29.6 Å². The van der Waals surface area contributed by atoms with Crippen molar-refractivity contribution in [3.63, 3.8) is 0 Å². The van der Waals surface area contributed by atoms with Crippen molar-refractivity contribution >= 4 is 67.3 Å². The summed E-state index contributed by atoms with van der Waals surface area (Å²) < 4.78 is 0. The third kappa shape index (κ3) is 4.09. The summed E-state index contributed by atoms with van der Waals surface area (Å²) in [5, 5.41) is 8.15. The minimum Gasteiger partial charge on any atom is -0.301 e. The molecule has 9 heteroatoms. The van der Waals surface area contributed by atoms with Crippen LogP contribution in [0.1, 0.15) is 23.3 Å². The second-order valence-corrected chi connectivity index (χ2v) is 10.3. The van der Waals surface area contributed by atoms with E-state index in [0.29, 0.717) is 10.2 Å². The molecule has 0 unspecified atom stereocenters. The molecule has 0 saturated carbocycles. The quantitative estimate of drug-likeness (QED) is 0.281. The Morgan fingerprint density at radius 3 is 2.87 bits per heavy atom. The number of hydrogen-bond acceptors (Lipinski definition) is 7. The van der Waals surface area contributed by atoms with Crippen LogP contribution in [-0.4, -0.2) is 26.6 Å². The van der Waals surface area contributed by atoms with E-state index in [0.717, 1.165) is 39.3 Å². The summed E-state index contributed by atoms with van der Waals surface area (Å²) in [7, 11) is 0. The Bertz CT molecular complexity index is 1220. The van der Waals surface area contributed by atoms with Crippen LogP contribution in [0.5, 0.6) is 0 Å². The molecule has 0 aliphatic heterocycles. The van der Waals surface area contributed by atoms with Gasteiger partial charge >= 0.3 is 0 Å². The van der Waals surface area contributed by atoms with Crippen molar-refractivity contribution in [3.8, 4) is 11.3 Å². The minimum atomic E-state index is -0.0899. The minimum absolute atomic E-state index is 0.0899. The molecule has 0 atom stereocenters. The summed E-state index contributed by atoms with van der Waals surface area (Å²) in [5.41, 5.74) is 3.18. The molecule has 0 saturated heterocycles. The number of amides is 1. The molecule has 5 nitrogen and oxygen atoms in total. The third-order valence-corrected chi connectivity index (χ3v) is 8.15. The number of thiophene rings is 1. The van der Waals surface area contributed by atoms with Gasteiger partial charge in [0.2, 0.25) is 5.91 Å². The van der Waals surface area contributed by atoms with Gasteiger partial charge in [-0.1, -0.05) is 35.5 Å². The molecule has 1 N–H and O–H groups in total. The highest BCUT2D eigenvalue weighted by Crippen LogP contribution is 2.39. The fourth-order valence-corrected chi connectivity index (χ4v) is 6.53. The number of thiazole rings is 1. The lowest BCUT2D eigenvalue weighted by Gasteiger charge is -2.11. The number of aromatic nitrogens is 3. The van der Waals surface area contributed by atoms with Crippen LogP contribution >= 0.6 is 46.0 Å². The Kier molecular flexibility index (Phi) is 5.73. The standard InChI is InChI=1S/C21H17ClN4OS3/c22-13-7-5-12(6-8-13)15-9-29-21(25-15)26-17(27)10-28-19-18-14-3-1-2-4-16(14)30-20(18)24-11-23-19/h5-9,11H,1-4,10H2,(H,25,26,27). The monoisotopic (exact) mass is 472 g/mol. The number of benzene rings is 1. The van der Waals surface area contributed by atoms with E-state index in [1.165, 1.54) is 46.4 Å². The molecule has 152 valence electrons. The van der Waals surface area contributed by atoms with Crippen LogP contribution in [0.4, 0.5) is 5.13 Å². The zero-order valence-corrected chi connectivity index (χ0v) is 19.1. The fourth-order valence-electron chi connectivity index (χ4n) is 3.54. The number of aryl methyl sites for hydroxylation is 2. The molecule has 0 spiro atoms. The Morgan fingerprint density at radius 1 is 1.17 bits per heavy atom. The average molecular weight is 473 g/mol. The molecular formula is C21H17ClN4OS3. The number of carbonyl (C=O) groups is 1. The molecule has 1 aliphatic rings. The van der Waals surface area contributed by atoms with Gasteiger partial charge in [-0.3, -0.25) is 4.79 Å². The second-order valence-electron chi connectivity index (χ2n) is 6.95. The molecule has 1 aromatic carbocycles. The first kappa shape index (κ1) is 19.9. The Morgan fingerprint density at radius 2 is 2.00 bits per heavy atom. The van der Waals surface area contributed by atoms with Gasteiger partial charge in [-0.25, -0.2) is 15.0 Å². The largest absolute Gasteiger partial charge is 0.301 e. The van der Waals surface area contributed by atoms with E-state index >= 15 is 0 Å². The molecule has 1 aliphatic carbocycles. The molecular weight excluding hydrogens is 456 g/mol. The predicted molar refractivity (Wildman–Crippen MR) is 126 cm³/mol. The maximum absolute atomic E-state index is 12.5. The number of nitrogens with one attached hydrogen (secondary N) is 1. The summed E-state index contributed by atoms with van der Waals surface area (Å²) in [6.45, 7) is 0. The highest BCUT2D eigenvalue weighted by atomic mass is 35.5. The van der Waals surface area contributed by atoms with Crippen molar-refractivity contribution in [1.29, 1.82) is 0 Å². The van der Waals surface area contributed by atoms with Crippen molar-refractivity contribution in [2.24, 2.45) is 0 Å². The van der Waals surface area contributed by atoms with Gasteiger partial charge < -0.3 is 5.32 Å². The SMILES string of the molecule is O=C(CSc1ncnc2sc3c(c12)CCCC3)Nc1nc(-c2ccc(Cl)cc2)cs1. The number of rotatable bonds is 5. The fraction of sp³-hybridized carbons (Fsp3) is 0.238. The predicted octanol–water partition coefficient (Wildman–Crippen LogP) is 6.08. The van der Waals surface area contributed by atoms with Crippen molar-refractivity contribution in [3.05, 3.63) is 51.4 Å². The number of nitrogens with zero attached hydrogens (tertiary/aromatic N) is 3. The zero-order chi connectivity index (χ0) is 20.5. The summed E-state index contributed by atoms with van der Waals surface area (Å²) in [4.78, 5) is 28.4. The summed E-state index contributed by atoms with van der Waals surface area (Å²) in [5.74, 6) is 0.194. The van der Waals surface area contributed by atoms with Crippen molar-refractivity contribution in [2.75, 3.05) is 11.1 Å². The van der Waals surface area contributed by atoms with E-state index in [-0.39, 0.29) is 11.7 Å². The number of hydrogen-bond donors (Lipinski definition) is 1. The van der Waals surface area contributed by atoms with E-state index < -0.39 is 0 Å². The molecule has 0 radical (unpaired) electrons. The van der Waals surface area contributed by atoms with Crippen LogP contribution in [-0.2, 0) is 17.6 Å². The van der Waals surface area contributed by atoms with Gasteiger partial charge in [0.25, 0.3) is 0 Å². The van der Waals surface area contributed by atoms with Crippen LogP contribution in [0, 0.1) is 0 Å². The van der Waals surface area contributed by atoms with E-state index in [1.54, 1.807) is 17.7 Å². The van der Waals surface area contributed by atoms with Crippen molar-refractivity contribution < 1.29 is 4.79 Å². The first-order valence-electron chi connectivity index (χ1n) is 9.57. The lowest BCUT2D eigenvalue weighted by molar-refractivity contribution is -0.113. The molecule has 3 heterocycles. The normalized spacial score (nSPS) is 13.4. The number of carbonyl (C=O) groups excluding carboxylic acids is 1. The van der Waals surface area contributed by atoms with Gasteiger partial charge in [0.1, 0.15) is 16.2 Å². The van der Waals surface area contributed by atoms with Gasteiger partial charge in [-0.15, -0.1) is 22.7 Å². The highest BCUT2D eigenvalue weighted by Gasteiger charge is 2.20. The summed E-state index contributed by atoms with van der Waals surface area (Å²) >= 11 is 10.6. The van der Waals surface area contributed by atoms with Crippen LogP contribution in [0.25, 0.3) is 21.5 Å². The van der Waals surface area contributed by atoms with Gasteiger partial charge in [0, 0.05) is 26.2 Å². The number of anilines is 1. The molecule has 30 heavy (non-hydrogen) atoms. The summed E-state index contributed by atoms with van der Waals surface area (Å²) in [6.07, 6.45) is 6.25. The van der Waals surface area contributed by atoms with Gasteiger partial charge in [0.15, 0.2) is 5.13 Å². The van der Waals surface area contributed by atoms with E-state index in [2.05, 4.69) is 20.3 Å². The van der Waals surface area contributed by atoms with Crippen molar-refractivity contribution in [1.82, 2.24) is 15.0 Å². The highest BCUT2D eigenvalue weighted by molar-refractivity contribution is 8.00. The number of thioether (sulfide) groups is 1. The topological polar surface area (TPSA) is 67.8 Å². The van der Waals surface area contributed by atoms with E-state index in [9.17, 15) is 4.79 Å². The first-order chi connectivity index (χ1) is 14.7. The maximum atomic E-state index is 12.5. The van der Waals surface area contributed by atoms with Crippen LogP contribution in [0.2, 0.25) is 5.02 Å². The van der Waals surface area contributed by atoms with Gasteiger partial charge in [0.05, 0.1) is 11.4 Å². The third-order valence-electron chi connectivity index (χ3n) is 4.95. The Labute approximate surface area is 190 Å². The second kappa shape index (κ2) is 8.63. The van der Waals surface area contributed by atoms with Gasteiger partial charge in [-0.2, -0.15) is 0 Å². The smallest absolute Gasteiger partial charge is 0.236 e. The molecule has 3 aromatic heterocycles. The molecule has 0 fully saturated rings. The molecule has 4 aromatic rings. The molecule has 0 bridgehead atoms. The van der Waals surface area contributed by atoms with Crippen LogP contribution in [0.15, 0.2) is 41.0 Å². The van der Waals surface area contributed by atoms with Crippen LogP contribution in [0.3, 0.4) is 0 Å². The lowest BCUT2D eigenvalue weighted by atomic mass is 9.97. The number of fused-ring (bicyclic) bond motifs is 3. The van der Waals surface area contributed by atoms with E-state index in [4.69, 9.17) is 11.6 Å². The molecule has 5 rings (SSSR count). The first-order valence-corrected chi connectivity index (χ1v) is 12.6. The van der Waals surface area contributed by atoms with Gasteiger partial charge in [-0.05, 0) is 43.4 Å². The number of halogens is 1. The molecule has 1 amide bonds. The maximum Gasteiger partial charge on any atom is 0.236 e. The Balaban J connectivity index is 1.27. The van der Waals surface area contributed by atoms with Crippen molar-refractivity contribution in [2.45, 2.75) is 30.7 Å². The average Bonchev–Trinajstić information content (AvgIpc) is 3.37. The zero-order valence-electron chi connectivity index (χ0n) is 15.9. The Hall–Kier alpha value is -2.00.